The maximum absolute atomic E-state index is 13.2. The van der Waals surface area contributed by atoms with Crippen LogP contribution >= 0.6 is 0 Å². The first-order chi connectivity index (χ1) is 14.2. The third kappa shape index (κ3) is 3.85. The third-order valence-electron chi connectivity index (χ3n) is 4.78. The fourth-order valence-corrected chi connectivity index (χ4v) is 5.04. The van der Waals surface area contributed by atoms with E-state index in [-0.39, 0.29) is 41.8 Å². The number of nitrogens with one attached hydrogen (secondary N) is 2. The van der Waals surface area contributed by atoms with E-state index in [2.05, 4.69) is 9.97 Å². The number of carbonyl (C=O) groups is 1. The molecule has 0 aliphatic heterocycles. The fraction of sp³-hybridized carbons (Fsp3) is 0.400. The number of esters is 1. The van der Waals surface area contributed by atoms with Gasteiger partial charge >= 0.3 is 5.97 Å². The molecule has 10 heteroatoms. The predicted octanol–water partition coefficient (Wildman–Crippen LogP) is 1.97. The number of sulfonamides is 1. The van der Waals surface area contributed by atoms with Crippen LogP contribution in [0.2, 0.25) is 0 Å². The van der Waals surface area contributed by atoms with Gasteiger partial charge in [-0.3, -0.25) is 4.79 Å². The molecule has 0 bridgehead atoms. The van der Waals surface area contributed by atoms with Gasteiger partial charge in [-0.1, -0.05) is 6.92 Å². The summed E-state index contributed by atoms with van der Waals surface area (Å²) in [6.07, 6.45) is 2.04. The van der Waals surface area contributed by atoms with Gasteiger partial charge < -0.3 is 19.8 Å². The second-order valence-electron chi connectivity index (χ2n) is 7.18. The largest absolute Gasteiger partial charge is 0.462 e. The van der Waals surface area contributed by atoms with Gasteiger partial charge in [0.2, 0.25) is 10.0 Å². The summed E-state index contributed by atoms with van der Waals surface area (Å²) in [5, 5.41) is 9.99. The molecule has 3 aromatic rings. The quantitative estimate of drug-likeness (QED) is 0.463. The lowest BCUT2D eigenvalue weighted by atomic mass is 10.1. The van der Waals surface area contributed by atoms with E-state index < -0.39 is 21.6 Å². The molecular formula is C20H25N3O6S. The molecule has 0 spiro atoms. The Morgan fingerprint density at radius 3 is 2.67 bits per heavy atom. The number of aromatic nitrogens is 2. The van der Waals surface area contributed by atoms with Gasteiger partial charge in [-0.2, -0.15) is 4.31 Å². The minimum atomic E-state index is -3.91. The second-order valence-corrected chi connectivity index (χ2v) is 9.07. The number of aromatic amines is 2. The molecule has 2 heterocycles. The maximum Gasteiger partial charge on any atom is 0.340 e. The van der Waals surface area contributed by atoms with E-state index in [1.165, 1.54) is 28.7 Å². The molecule has 0 aliphatic carbocycles. The average molecular weight is 436 g/mol. The first-order valence-electron chi connectivity index (χ1n) is 9.69. The summed E-state index contributed by atoms with van der Waals surface area (Å²) in [6, 6.07) is 3.96. The van der Waals surface area contributed by atoms with Gasteiger partial charge in [0, 0.05) is 35.1 Å². The Bertz CT molecular complexity index is 1240. The van der Waals surface area contributed by atoms with E-state index in [0.29, 0.717) is 22.7 Å². The summed E-state index contributed by atoms with van der Waals surface area (Å²) < 4.78 is 32.7. The Balaban J connectivity index is 2.26. The molecule has 0 atom stereocenters. The minimum Gasteiger partial charge on any atom is -0.462 e. The smallest absolute Gasteiger partial charge is 0.340 e. The normalized spacial score (nSPS) is 12.3. The number of rotatable bonds is 8. The highest BCUT2D eigenvalue weighted by molar-refractivity contribution is 7.89. The Morgan fingerprint density at radius 1 is 1.30 bits per heavy atom. The molecule has 9 nitrogen and oxygen atoms in total. The van der Waals surface area contributed by atoms with Crippen molar-refractivity contribution in [2.24, 2.45) is 0 Å². The van der Waals surface area contributed by atoms with Gasteiger partial charge in [0.05, 0.1) is 23.7 Å². The number of fused-ring (bicyclic) bond motifs is 3. The number of H-pyrrole nitrogens is 2. The Morgan fingerprint density at radius 2 is 2.03 bits per heavy atom. The first kappa shape index (κ1) is 22.0. The van der Waals surface area contributed by atoms with Crippen LogP contribution in [0.4, 0.5) is 0 Å². The molecule has 0 saturated heterocycles. The molecule has 0 saturated carbocycles. The number of hydrogen-bond donors (Lipinski definition) is 3. The van der Waals surface area contributed by atoms with Crippen molar-refractivity contribution in [1.82, 2.24) is 14.3 Å². The lowest BCUT2D eigenvalue weighted by Crippen LogP contribution is -2.38. The van der Waals surface area contributed by atoms with Crippen molar-refractivity contribution >= 4 is 37.8 Å². The molecule has 0 aliphatic rings. The van der Waals surface area contributed by atoms with E-state index in [4.69, 9.17) is 4.74 Å². The first-order valence-corrected chi connectivity index (χ1v) is 11.1. The molecule has 0 amide bonds. The SMILES string of the molecule is CCCOC(=O)c1c[nH]c2c(=O)[nH]c3ccc(S(=O)(=O)N(CCO)C(C)C)cc3c12. The zero-order valence-electron chi connectivity index (χ0n) is 17.1. The summed E-state index contributed by atoms with van der Waals surface area (Å²) in [4.78, 5) is 30.4. The van der Waals surface area contributed by atoms with Crippen molar-refractivity contribution in [2.75, 3.05) is 19.8 Å². The molecule has 2 aromatic heterocycles. The van der Waals surface area contributed by atoms with Crippen LogP contribution in [-0.4, -0.2) is 59.6 Å². The average Bonchev–Trinajstić information content (AvgIpc) is 3.16. The molecule has 162 valence electrons. The number of ether oxygens (including phenoxy) is 1. The van der Waals surface area contributed by atoms with Gasteiger partial charge in [-0.15, -0.1) is 0 Å². The lowest BCUT2D eigenvalue weighted by Gasteiger charge is -2.25. The Labute approximate surface area is 173 Å². The highest BCUT2D eigenvalue weighted by Crippen LogP contribution is 2.29. The highest BCUT2D eigenvalue weighted by Gasteiger charge is 2.27. The van der Waals surface area contributed by atoms with Crippen molar-refractivity contribution in [2.45, 2.75) is 38.1 Å². The van der Waals surface area contributed by atoms with Gasteiger partial charge in [0.1, 0.15) is 5.52 Å². The monoisotopic (exact) mass is 435 g/mol. The second kappa shape index (κ2) is 8.58. The van der Waals surface area contributed by atoms with E-state index in [1.54, 1.807) is 13.8 Å². The number of pyridine rings is 1. The molecule has 0 fully saturated rings. The molecule has 0 radical (unpaired) electrons. The number of carbonyl (C=O) groups excluding carboxylic acids is 1. The molecule has 30 heavy (non-hydrogen) atoms. The van der Waals surface area contributed by atoms with Crippen LogP contribution < -0.4 is 5.56 Å². The van der Waals surface area contributed by atoms with Crippen LogP contribution in [0.5, 0.6) is 0 Å². The zero-order valence-corrected chi connectivity index (χ0v) is 17.9. The van der Waals surface area contributed by atoms with Crippen LogP contribution in [0.15, 0.2) is 34.1 Å². The highest BCUT2D eigenvalue weighted by atomic mass is 32.2. The summed E-state index contributed by atoms with van der Waals surface area (Å²) in [5.74, 6) is -0.590. The predicted molar refractivity (Wildman–Crippen MR) is 113 cm³/mol. The van der Waals surface area contributed by atoms with Crippen LogP contribution in [0.3, 0.4) is 0 Å². The van der Waals surface area contributed by atoms with Crippen LogP contribution in [-0.2, 0) is 14.8 Å². The lowest BCUT2D eigenvalue weighted by molar-refractivity contribution is 0.0507. The van der Waals surface area contributed by atoms with Crippen molar-refractivity contribution in [3.63, 3.8) is 0 Å². The minimum absolute atomic E-state index is 0.000394. The number of nitrogens with zero attached hydrogens (tertiary/aromatic N) is 1. The van der Waals surface area contributed by atoms with Gasteiger partial charge in [-0.25, -0.2) is 13.2 Å². The van der Waals surface area contributed by atoms with Crippen LogP contribution in [0.25, 0.3) is 21.8 Å². The van der Waals surface area contributed by atoms with Crippen molar-refractivity contribution in [3.05, 3.63) is 40.3 Å². The summed E-state index contributed by atoms with van der Waals surface area (Å²) in [6.45, 7) is 5.19. The number of aliphatic hydroxyl groups excluding tert-OH is 1. The maximum atomic E-state index is 13.2. The zero-order chi connectivity index (χ0) is 22.1. The summed E-state index contributed by atoms with van der Waals surface area (Å²) in [5.41, 5.74) is 0.303. The molecule has 1 aromatic carbocycles. The third-order valence-corrected chi connectivity index (χ3v) is 6.85. The molecular weight excluding hydrogens is 410 g/mol. The molecule has 3 rings (SSSR count). The van der Waals surface area contributed by atoms with E-state index in [0.717, 1.165) is 0 Å². The van der Waals surface area contributed by atoms with Gasteiger partial charge in [-0.05, 0) is 38.5 Å². The Hall–Kier alpha value is -2.69. The van der Waals surface area contributed by atoms with Crippen molar-refractivity contribution < 1.29 is 23.1 Å². The van der Waals surface area contributed by atoms with Crippen molar-refractivity contribution in [1.29, 1.82) is 0 Å². The molecule has 0 unspecified atom stereocenters. The van der Waals surface area contributed by atoms with Gasteiger partial charge in [0.15, 0.2) is 0 Å². The van der Waals surface area contributed by atoms with E-state index in [9.17, 15) is 23.1 Å². The topological polar surface area (TPSA) is 133 Å². The van der Waals surface area contributed by atoms with Gasteiger partial charge in [0.25, 0.3) is 5.56 Å². The summed E-state index contributed by atoms with van der Waals surface area (Å²) >= 11 is 0. The van der Waals surface area contributed by atoms with E-state index in [1.807, 2.05) is 6.92 Å². The van der Waals surface area contributed by atoms with Crippen molar-refractivity contribution in [3.8, 4) is 0 Å². The van der Waals surface area contributed by atoms with Crippen LogP contribution in [0.1, 0.15) is 37.6 Å². The molecule has 3 N–H and O–H groups in total. The van der Waals surface area contributed by atoms with Crippen LogP contribution in [0, 0.1) is 0 Å². The summed E-state index contributed by atoms with van der Waals surface area (Å²) in [7, 11) is -3.91. The number of hydrogen-bond acceptors (Lipinski definition) is 6. The number of aliphatic hydroxyl groups is 1. The van der Waals surface area contributed by atoms with E-state index >= 15 is 0 Å². The standard InChI is InChI=1S/C20H25N3O6S/c1-4-9-29-20(26)15-11-21-18-17(15)14-10-13(5-6-16(14)22-19(18)25)30(27,28)23(7-8-24)12(2)3/h5-6,10-12,21,24H,4,7-9H2,1-3H3,(H,22,25). The fourth-order valence-electron chi connectivity index (χ4n) is 3.39. The Kier molecular flexibility index (Phi) is 6.30. The number of benzene rings is 1.